The lowest BCUT2D eigenvalue weighted by atomic mass is 10.2. The first-order valence-corrected chi connectivity index (χ1v) is 7.34. The fraction of sp³-hybridized carbons (Fsp3) is 0.417. The van der Waals surface area contributed by atoms with Gasteiger partial charge in [-0.3, -0.25) is 10.2 Å². The number of sulfonamides is 1. The zero-order chi connectivity index (χ0) is 15.3. The van der Waals surface area contributed by atoms with Crippen LogP contribution in [0.1, 0.15) is 13.8 Å². The van der Waals surface area contributed by atoms with Crippen LogP contribution in [0.3, 0.4) is 0 Å². The lowest BCUT2D eigenvalue weighted by Gasteiger charge is -2.12. The molecule has 0 fully saturated rings. The highest BCUT2D eigenvalue weighted by Gasteiger charge is 2.18. The second-order valence-electron chi connectivity index (χ2n) is 4.27. The Bertz CT molecular complexity index is 584. The van der Waals surface area contributed by atoms with Gasteiger partial charge in [-0.05, 0) is 12.1 Å². The smallest absolute Gasteiger partial charge is 0.257 e. The van der Waals surface area contributed by atoms with Gasteiger partial charge in [0.05, 0.1) is 19.1 Å². The van der Waals surface area contributed by atoms with Gasteiger partial charge in [-0.25, -0.2) is 8.42 Å². The summed E-state index contributed by atoms with van der Waals surface area (Å²) in [6.45, 7) is 3.31. The largest absolute Gasteiger partial charge is 0.493 e. The van der Waals surface area contributed by atoms with E-state index >= 15 is 0 Å². The highest BCUT2D eigenvalue weighted by molar-refractivity contribution is 7.89. The molecule has 0 heterocycles. The van der Waals surface area contributed by atoms with Crippen molar-refractivity contribution in [1.82, 2.24) is 10.3 Å². The van der Waals surface area contributed by atoms with Crippen LogP contribution >= 0.6 is 0 Å². The van der Waals surface area contributed by atoms with Crippen LogP contribution in [0.25, 0.3) is 0 Å². The van der Waals surface area contributed by atoms with Crippen LogP contribution in [0.15, 0.2) is 23.1 Å². The summed E-state index contributed by atoms with van der Waals surface area (Å²) in [6, 6.07) is 4.13. The van der Waals surface area contributed by atoms with Gasteiger partial charge in [0.2, 0.25) is 5.91 Å². The summed E-state index contributed by atoms with van der Waals surface area (Å²) >= 11 is 0. The van der Waals surface area contributed by atoms with Crippen molar-refractivity contribution in [3.63, 3.8) is 0 Å². The highest BCUT2D eigenvalue weighted by atomic mass is 32.2. The zero-order valence-corrected chi connectivity index (χ0v) is 12.6. The predicted octanol–water partition coefficient (Wildman–Crippen LogP) is 0.669. The molecule has 0 saturated carbocycles. The molecule has 1 aromatic carbocycles. The third-order valence-corrected chi connectivity index (χ3v) is 3.74. The maximum Gasteiger partial charge on any atom is 0.257 e. The Labute approximate surface area is 118 Å². The molecule has 0 radical (unpaired) electrons. The summed E-state index contributed by atoms with van der Waals surface area (Å²) in [6.07, 6.45) is 0. The number of nitrogens with one attached hydrogen (secondary N) is 2. The highest BCUT2D eigenvalue weighted by Crippen LogP contribution is 2.29. The molecule has 0 aliphatic heterocycles. The Morgan fingerprint density at radius 2 is 1.75 bits per heavy atom. The van der Waals surface area contributed by atoms with Gasteiger partial charge in [-0.1, -0.05) is 13.8 Å². The second kappa shape index (κ2) is 6.58. The topological polar surface area (TPSA) is 93.7 Å². The fourth-order valence-corrected chi connectivity index (χ4v) is 2.17. The molecule has 0 aliphatic rings. The molecule has 7 nitrogen and oxygen atoms in total. The van der Waals surface area contributed by atoms with Crippen LogP contribution in [-0.4, -0.2) is 28.5 Å². The van der Waals surface area contributed by atoms with Gasteiger partial charge in [-0.15, -0.1) is 4.83 Å². The molecule has 0 aromatic heterocycles. The van der Waals surface area contributed by atoms with Crippen molar-refractivity contribution in [2.45, 2.75) is 18.7 Å². The molecule has 112 valence electrons. The van der Waals surface area contributed by atoms with E-state index in [1.54, 1.807) is 13.8 Å². The summed E-state index contributed by atoms with van der Waals surface area (Å²) < 4.78 is 34.1. The molecular formula is C12H18N2O5S. The van der Waals surface area contributed by atoms with Crippen LogP contribution < -0.4 is 19.7 Å². The Hall–Kier alpha value is -1.80. The van der Waals surface area contributed by atoms with Gasteiger partial charge in [0, 0.05) is 12.0 Å². The molecule has 0 spiro atoms. The van der Waals surface area contributed by atoms with Crippen molar-refractivity contribution in [1.29, 1.82) is 0 Å². The quantitative estimate of drug-likeness (QED) is 0.753. The molecule has 2 N–H and O–H groups in total. The van der Waals surface area contributed by atoms with E-state index in [2.05, 4.69) is 5.43 Å². The van der Waals surface area contributed by atoms with Gasteiger partial charge >= 0.3 is 0 Å². The molecule has 1 aromatic rings. The SMILES string of the molecule is COc1ccc(S(=O)(=O)NNC(=O)C(C)C)cc1OC. The molecule has 0 saturated heterocycles. The average molecular weight is 302 g/mol. The lowest BCUT2D eigenvalue weighted by molar-refractivity contribution is -0.124. The summed E-state index contributed by atoms with van der Waals surface area (Å²) in [5.41, 5.74) is 2.14. The van der Waals surface area contributed by atoms with Gasteiger partial charge in [0.1, 0.15) is 0 Å². The second-order valence-corrected chi connectivity index (χ2v) is 5.95. The Morgan fingerprint density at radius 1 is 1.15 bits per heavy atom. The van der Waals surface area contributed by atoms with Crippen LogP contribution in [0.5, 0.6) is 11.5 Å². The molecule has 0 bridgehead atoms. The lowest BCUT2D eigenvalue weighted by Crippen LogP contribution is -2.43. The predicted molar refractivity (Wildman–Crippen MR) is 72.8 cm³/mol. The minimum Gasteiger partial charge on any atom is -0.493 e. The molecule has 1 amide bonds. The average Bonchev–Trinajstić information content (AvgIpc) is 2.43. The standard InChI is InChI=1S/C12H18N2O5S/c1-8(2)12(15)13-14-20(16,17)9-5-6-10(18-3)11(7-9)19-4/h5-8,14H,1-4H3,(H,13,15). The minimum atomic E-state index is -3.86. The van der Waals surface area contributed by atoms with E-state index < -0.39 is 15.9 Å². The van der Waals surface area contributed by atoms with E-state index in [-0.39, 0.29) is 16.6 Å². The molecule has 0 atom stereocenters. The molecule has 20 heavy (non-hydrogen) atoms. The number of carbonyl (C=O) groups excluding carboxylic acids is 1. The first kappa shape index (κ1) is 16.3. The van der Waals surface area contributed by atoms with Gasteiger partial charge in [0.15, 0.2) is 11.5 Å². The number of hydrogen-bond donors (Lipinski definition) is 2. The maximum absolute atomic E-state index is 12.0. The van der Waals surface area contributed by atoms with Gasteiger partial charge in [-0.2, -0.15) is 0 Å². The van der Waals surface area contributed by atoms with E-state index in [4.69, 9.17) is 9.47 Å². The molecule has 0 aliphatic carbocycles. The molecular weight excluding hydrogens is 284 g/mol. The van der Waals surface area contributed by atoms with E-state index in [0.29, 0.717) is 5.75 Å². The van der Waals surface area contributed by atoms with Crippen molar-refractivity contribution < 1.29 is 22.7 Å². The fourth-order valence-electron chi connectivity index (χ4n) is 1.30. The van der Waals surface area contributed by atoms with E-state index in [1.807, 2.05) is 4.83 Å². The zero-order valence-electron chi connectivity index (χ0n) is 11.8. The van der Waals surface area contributed by atoms with Gasteiger partial charge < -0.3 is 9.47 Å². The van der Waals surface area contributed by atoms with Crippen molar-refractivity contribution in [3.8, 4) is 11.5 Å². The molecule has 0 unspecified atom stereocenters. The van der Waals surface area contributed by atoms with Gasteiger partial charge in [0.25, 0.3) is 10.0 Å². The van der Waals surface area contributed by atoms with E-state index in [0.717, 1.165) is 0 Å². The van der Waals surface area contributed by atoms with Crippen molar-refractivity contribution >= 4 is 15.9 Å². The number of methoxy groups -OCH3 is 2. The number of hydrogen-bond acceptors (Lipinski definition) is 5. The van der Waals surface area contributed by atoms with Crippen LogP contribution in [0.2, 0.25) is 0 Å². The van der Waals surface area contributed by atoms with Crippen LogP contribution in [0, 0.1) is 5.92 Å². The Morgan fingerprint density at radius 3 is 2.25 bits per heavy atom. The molecule has 8 heteroatoms. The number of benzene rings is 1. The maximum atomic E-state index is 12.0. The number of amides is 1. The summed E-state index contributed by atoms with van der Waals surface area (Å²) in [5.74, 6) is -0.0552. The number of carbonyl (C=O) groups is 1. The number of hydrazine groups is 1. The minimum absolute atomic E-state index is 0.0424. The third-order valence-electron chi connectivity index (χ3n) is 2.50. The van der Waals surface area contributed by atoms with Crippen molar-refractivity contribution in [3.05, 3.63) is 18.2 Å². The molecule has 1 rings (SSSR count). The summed E-state index contributed by atoms with van der Waals surface area (Å²) in [4.78, 5) is 13.3. The normalized spacial score (nSPS) is 11.2. The van der Waals surface area contributed by atoms with Crippen molar-refractivity contribution in [2.24, 2.45) is 5.92 Å². The summed E-state index contributed by atoms with van der Waals surface area (Å²) in [5, 5.41) is 0. The van der Waals surface area contributed by atoms with E-state index in [9.17, 15) is 13.2 Å². The first-order valence-electron chi connectivity index (χ1n) is 5.85. The number of ether oxygens (including phenoxy) is 2. The third kappa shape index (κ3) is 3.84. The Kier molecular flexibility index (Phi) is 5.34. The van der Waals surface area contributed by atoms with Crippen molar-refractivity contribution in [2.75, 3.05) is 14.2 Å². The Balaban J connectivity index is 2.95. The monoisotopic (exact) mass is 302 g/mol. The number of rotatable bonds is 6. The van der Waals surface area contributed by atoms with E-state index in [1.165, 1.54) is 32.4 Å². The van der Waals surface area contributed by atoms with Crippen LogP contribution in [-0.2, 0) is 14.8 Å². The summed E-state index contributed by atoms with van der Waals surface area (Å²) in [7, 11) is -1.01. The first-order chi connectivity index (χ1) is 9.31. The van der Waals surface area contributed by atoms with Crippen LogP contribution in [0.4, 0.5) is 0 Å².